The number of ether oxygens (including phenoxy) is 3. The Balaban J connectivity index is 2.08. The van der Waals surface area contributed by atoms with E-state index in [1.807, 2.05) is 0 Å². The molecule has 7 heteroatoms. The van der Waals surface area contributed by atoms with Gasteiger partial charge >= 0.3 is 12.1 Å². The van der Waals surface area contributed by atoms with Crippen LogP contribution in [0.5, 0.6) is 0 Å². The average molecular weight is 287 g/mol. The average Bonchev–Trinajstić information content (AvgIpc) is 3.00. The fraction of sp³-hybridized carbons (Fsp3) is 0.846. The van der Waals surface area contributed by atoms with E-state index in [0.29, 0.717) is 0 Å². The third-order valence-corrected chi connectivity index (χ3v) is 3.28. The molecule has 0 aromatic rings. The number of likely N-dealkylation sites (tertiary alicyclic amines) is 1. The SMILES string of the molecule is CC(=O)OC[C@H]1[C@@H]2O[C@@H]2[C@@H](CO)N1C(=O)OC(C)(C)C. The normalized spacial score (nSPS) is 31.8. The highest BCUT2D eigenvalue weighted by atomic mass is 16.6. The van der Waals surface area contributed by atoms with Gasteiger partial charge in [0, 0.05) is 6.92 Å². The van der Waals surface area contributed by atoms with Crippen LogP contribution in [0.1, 0.15) is 27.7 Å². The van der Waals surface area contributed by atoms with Crippen molar-refractivity contribution in [3.63, 3.8) is 0 Å². The van der Waals surface area contributed by atoms with E-state index in [0.717, 1.165) is 0 Å². The number of aliphatic hydroxyl groups is 1. The second-order valence-corrected chi connectivity index (χ2v) is 6.07. The van der Waals surface area contributed by atoms with Gasteiger partial charge in [-0.05, 0) is 20.8 Å². The highest BCUT2D eigenvalue weighted by Gasteiger charge is 2.63. The maximum Gasteiger partial charge on any atom is 0.411 e. The molecule has 2 fully saturated rings. The number of esters is 1. The highest BCUT2D eigenvalue weighted by Crippen LogP contribution is 2.42. The lowest BCUT2D eigenvalue weighted by molar-refractivity contribution is -0.143. The summed E-state index contributed by atoms with van der Waals surface area (Å²) < 4.78 is 15.7. The smallest absolute Gasteiger partial charge is 0.411 e. The Morgan fingerprint density at radius 2 is 1.85 bits per heavy atom. The summed E-state index contributed by atoms with van der Waals surface area (Å²) in [5.74, 6) is -0.418. The van der Waals surface area contributed by atoms with E-state index in [-0.39, 0.29) is 25.4 Å². The van der Waals surface area contributed by atoms with Crippen LogP contribution < -0.4 is 0 Å². The van der Waals surface area contributed by atoms with Crippen molar-refractivity contribution in [3.8, 4) is 0 Å². The summed E-state index contributed by atoms with van der Waals surface area (Å²) in [5, 5.41) is 9.44. The molecule has 2 heterocycles. The first-order valence-corrected chi connectivity index (χ1v) is 6.65. The molecule has 2 saturated heterocycles. The first kappa shape index (κ1) is 15.1. The lowest BCUT2D eigenvalue weighted by atomic mass is 10.2. The predicted molar refractivity (Wildman–Crippen MR) is 68.0 cm³/mol. The largest absolute Gasteiger partial charge is 0.464 e. The molecule has 2 aliphatic heterocycles. The van der Waals surface area contributed by atoms with Gasteiger partial charge in [-0.3, -0.25) is 9.69 Å². The first-order chi connectivity index (χ1) is 9.24. The Morgan fingerprint density at radius 3 is 2.35 bits per heavy atom. The van der Waals surface area contributed by atoms with E-state index in [1.54, 1.807) is 20.8 Å². The van der Waals surface area contributed by atoms with Gasteiger partial charge < -0.3 is 19.3 Å². The minimum absolute atomic E-state index is 0.0479. The van der Waals surface area contributed by atoms with Crippen molar-refractivity contribution in [1.29, 1.82) is 0 Å². The second-order valence-electron chi connectivity index (χ2n) is 6.07. The minimum Gasteiger partial charge on any atom is -0.464 e. The number of aliphatic hydroxyl groups excluding tert-OH is 1. The van der Waals surface area contributed by atoms with Crippen LogP contribution in [0.4, 0.5) is 4.79 Å². The van der Waals surface area contributed by atoms with E-state index < -0.39 is 29.7 Å². The summed E-state index contributed by atoms with van der Waals surface area (Å²) in [6, 6.07) is -0.855. The highest BCUT2D eigenvalue weighted by molar-refractivity contribution is 5.71. The van der Waals surface area contributed by atoms with E-state index in [1.165, 1.54) is 11.8 Å². The lowest BCUT2D eigenvalue weighted by Gasteiger charge is -2.33. The van der Waals surface area contributed by atoms with Gasteiger partial charge in [-0.1, -0.05) is 0 Å². The molecule has 2 aliphatic rings. The molecule has 20 heavy (non-hydrogen) atoms. The fourth-order valence-corrected chi connectivity index (χ4v) is 2.47. The molecule has 0 bridgehead atoms. The van der Waals surface area contributed by atoms with Gasteiger partial charge in [0.2, 0.25) is 0 Å². The molecule has 0 aromatic carbocycles. The van der Waals surface area contributed by atoms with Crippen LogP contribution in [-0.4, -0.2) is 65.2 Å². The number of amides is 1. The Labute approximate surface area is 117 Å². The summed E-state index contributed by atoms with van der Waals surface area (Å²) in [5.41, 5.74) is -0.628. The molecule has 1 amide bonds. The third-order valence-electron chi connectivity index (χ3n) is 3.28. The summed E-state index contributed by atoms with van der Waals surface area (Å²) in [6.07, 6.45) is -0.920. The zero-order valence-electron chi connectivity index (χ0n) is 12.2. The Bertz CT molecular complexity index is 404. The third kappa shape index (κ3) is 3.04. The maximum atomic E-state index is 12.2. The van der Waals surface area contributed by atoms with Crippen molar-refractivity contribution < 1.29 is 28.9 Å². The molecule has 0 radical (unpaired) electrons. The Kier molecular flexibility index (Phi) is 3.93. The Hall–Kier alpha value is -1.34. The van der Waals surface area contributed by atoms with Crippen LogP contribution in [0, 0.1) is 0 Å². The summed E-state index contributed by atoms with van der Waals surface area (Å²) in [6.45, 7) is 6.46. The summed E-state index contributed by atoms with van der Waals surface area (Å²) in [7, 11) is 0. The standard InChI is InChI=1S/C13H21NO6/c1-7(16)18-6-9-11-10(19-11)8(5-15)14(9)12(17)20-13(2,3)4/h8-11,15H,5-6H2,1-4H3/t8-,9+,10-,11+/m1/s1. The fourth-order valence-electron chi connectivity index (χ4n) is 2.47. The molecular weight excluding hydrogens is 266 g/mol. The molecule has 1 N–H and O–H groups in total. The predicted octanol–water partition coefficient (Wildman–Crippen LogP) is 0.297. The van der Waals surface area contributed by atoms with E-state index in [9.17, 15) is 14.7 Å². The van der Waals surface area contributed by atoms with Crippen LogP contribution >= 0.6 is 0 Å². The molecule has 0 aliphatic carbocycles. The minimum atomic E-state index is -0.628. The van der Waals surface area contributed by atoms with E-state index in [2.05, 4.69) is 0 Å². The number of hydrogen-bond donors (Lipinski definition) is 1. The van der Waals surface area contributed by atoms with E-state index in [4.69, 9.17) is 14.2 Å². The number of nitrogens with zero attached hydrogens (tertiary/aromatic N) is 1. The first-order valence-electron chi connectivity index (χ1n) is 6.65. The van der Waals surface area contributed by atoms with Crippen molar-refractivity contribution in [2.45, 2.75) is 57.6 Å². The van der Waals surface area contributed by atoms with Crippen molar-refractivity contribution in [3.05, 3.63) is 0 Å². The van der Waals surface area contributed by atoms with Gasteiger partial charge in [-0.15, -0.1) is 0 Å². The number of rotatable bonds is 3. The van der Waals surface area contributed by atoms with Crippen molar-refractivity contribution in [2.24, 2.45) is 0 Å². The van der Waals surface area contributed by atoms with Crippen molar-refractivity contribution in [1.82, 2.24) is 4.90 Å². The van der Waals surface area contributed by atoms with Crippen LogP contribution in [0.25, 0.3) is 0 Å². The van der Waals surface area contributed by atoms with Gasteiger partial charge in [0.15, 0.2) is 0 Å². The molecule has 114 valence electrons. The number of fused-ring (bicyclic) bond motifs is 1. The number of carbonyl (C=O) groups excluding carboxylic acids is 2. The van der Waals surface area contributed by atoms with Gasteiger partial charge in [-0.2, -0.15) is 0 Å². The molecule has 2 rings (SSSR count). The number of hydrogen-bond acceptors (Lipinski definition) is 6. The lowest BCUT2D eigenvalue weighted by Crippen LogP contribution is -2.51. The van der Waals surface area contributed by atoms with Gasteiger partial charge in [0.05, 0.1) is 18.7 Å². The van der Waals surface area contributed by atoms with Crippen LogP contribution in [0.2, 0.25) is 0 Å². The molecule has 4 atom stereocenters. The zero-order chi connectivity index (χ0) is 15.1. The van der Waals surface area contributed by atoms with Gasteiger partial charge in [0.1, 0.15) is 24.4 Å². The molecular formula is C13H21NO6. The van der Waals surface area contributed by atoms with Gasteiger partial charge in [0.25, 0.3) is 0 Å². The van der Waals surface area contributed by atoms with Crippen molar-refractivity contribution in [2.75, 3.05) is 13.2 Å². The number of morpholine rings is 1. The topological polar surface area (TPSA) is 88.6 Å². The Morgan fingerprint density at radius 1 is 1.25 bits per heavy atom. The summed E-state index contributed by atoms with van der Waals surface area (Å²) >= 11 is 0. The second kappa shape index (κ2) is 5.21. The monoisotopic (exact) mass is 287 g/mol. The van der Waals surface area contributed by atoms with Crippen molar-refractivity contribution >= 4 is 12.1 Å². The van der Waals surface area contributed by atoms with Gasteiger partial charge in [-0.25, -0.2) is 4.79 Å². The molecule has 0 spiro atoms. The molecule has 0 aromatic heterocycles. The maximum absolute atomic E-state index is 12.2. The van der Waals surface area contributed by atoms with Crippen LogP contribution in [-0.2, 0) is 19.0 Å². The zero-order valence-corrected chi connectivity index (χ0v) is 12.2. The number of epoxide rings is 1. The molecule has 7 nitrogen and oxygen atoms in total. The van der Waals surface area contributed by atoms with Crippen LogP contribution in [0.3, 0.4) is 0 Å². The van der Waals surface area contributed by atoms with Crippen LogP contribution in [0.15, 0.2) is 0 Å². The number of carbonyl (C=O) groups is 2. The summed E-state index contributed by atoms with van der Waals surface area (Å²) in [4.78, 5) is 24.6. The molecule has 0 unspecified atom stereocenters. The molecule has 0 saturated carbocycles. The quantitative estimate of drug-likeness (QED) is 0.593. The van der Waals surface area contributed by atoms with E-state index >= 15 is 0 Å².